The zero-order valence-corrected chi connectivity index (χ0v) is 11.8. The molecule has 0 saturated heterocycles. The van der Waals surface area contributed by atoms with Gasteiger partial charge in [0.1, 0.15) is 5.75 Å². The minimum atomic E-state index is -2.79. The van der Waals surface area contributed by atoms with Crippen molar-refractivity contribution in [2.75, 3.05) is 7.05 Å². The van der Waals surface area contributed by atoms with Crippen LogP contribution in [0.3, 0.4) is 0 Å². The molecule has 108 valence electrons. The molecule has 0 aliphatic rings. The lowest BCUT2D eigenvalue weighted by molar-refractivity contribution is -0.0507. The topological polar surface area (TPSA) is 21.3 Å². The second-order valence-electron chi connectivity index (χ2n) is 4.89. The van der Waals surface area contributed by atoms with Gasteiger partial charge in [0, 0.05) is 11.6 Å². The van der Waals surface area contributed by atoms with Gasteiger partial charge in [0.05, 0.1) is 0 Å². The van der Waals surface area contributed by atoms with Crippen molar-refractivity contribution in [1.82, 2.24) is 5.32 Å². The van der Waals surface area contributed by atoms with Crippen molar-refractivity contribution in [2.24, 2.45) is 5.92 Å². The average Bonchev–Trinajstić information content (AvgIpc) is 2.36. The lowest BCUT2D eigenvalue weighted by Crippen LogP contribution is -2.20. The molecule has 0 spiro atoms. The van der Waals surface area contributed by atoms with E-state index in [0.717, 1.165) is 24.8 Å². The minimum Gasteiger partial charge on any atom is -0.434 e. The molecule has 0 bridgehead atoms. The van der Waals surface area contributed by atoms with E-state index in [2.05, 4.69) is 23.9 Å². The number of rotatable bonds is 8. The maximum atomic E-state index is 12.4. The van der Waals surface area contributed by atoms with Gasteiger partial charge in [-0.1, -0.05) is 44.9 Å². The molecule has 4 heteroatoms. The van der Waals surface area contributed by atoms with Crippen LogP contribution in [0.15, 0.2) is 24.3 Å². The van der Waals surface area contributed by atoms with Crippen molar-refractivity contribution < 1.29 is 13.5 Å². The maximum Gasteiger partial charge on any atom is 0.387 e. The SMILES string of the molecule is CCCC(C)CC(NC)c1ccccc1OC(F)F. The summed E-state index contributed by atoms with van der Waals surface area (Å²) in [6.07, 6.45) is 3.18. The summed E-state index contributed by atoms with van der Waals surface area (Å²) >= 11 is 0. The third kappa shape index (κ3) is 5.15. The number of benzene rings is 1. The van der Waals surface area contributed by atoms with Crippen LogP contribution in [-0.2, 0) is 0 Å². The molecule has 0 aromatic heterocycles. The van der Waals surface area contributed by atoms with Gasteiger partial charge in [-0.3, -0.25) is 0 Å². The highest BCUT2D eigenvalue weighted by Gasteiger charge is 2.18. The quantitative estimate of drug-likeness (QED) is 0.758. The highest BCUT2D eigenvalue weighted by atomic mass is 19.3. The normalized spacial score (nSPS) is 14.4. The number of hydrogen-bond acceptors (Lipinski definition) is 2. The Kier molecular flexibility index (Phi) is 6.78. The van der Waals surface area contributed by atoms with Gasteiger partial charge in [-0.05, 0) is 25.5 Å². The molecule has 19 heavy (non-hydrogen) atoms. The summed E-state index contributed by atoms with van der Waals surface area (Å²) < 4.78 is 29.4. The van der Waals surface area contributed by atoms with E-state index in [9.17, 15) is 8.78 Å². The molecule has 2 atom stereocenters. The molecule has 1 rings (SSSR count). The summed E-state index contributed by atoms with van der Waals surface area (Å²) in [6.45, 7) is 1.55. The van der Waals surface area contributed by atoms with Gasteiger partial charge in [0.2, 0.25) is 0 Å². The van der Waals surface area contributed by atoms with E-state index < -0.39 is 6.61 Å². The Labute approximate surface area is 114 Å². The van der Waals surface area contributed by atoms with E-state index in [1.807, 2.05) is 19.2 Å². The zero-order chi connectivity index (χ0) is 14.3. The van der Waals surface area contributed by atoms with E-state index in [-0.39, 0.29) is 11.8 Å². The first-order valence-electron chi connectivity index (χ1n) is 6.79. The molecule has 1 aromatic rings. The van der Waals surface area contributed by atoms with Crippen LogP contribution in [0.5, 0.6) is 5.75 Å². The molecule has 0 aliphatic carbocycles. The molecule has 0 saturated carbocycles. The second-order valence-corrected chi connectivity index (χ2v) is 4.89. The predicted molar refractivity (Wildman–Crippen MR) is 73.6 cm³/mol. The van der Waals surface area contributed by atoms with Crippen molar-refractivity contribution in [3.05, 3.63) is 29.8 Å². The number of hydrogen-bond donors (Lipinski definition) is 1. The van der Waals surface area contributed by atoms with Crippen molar-refractivity contribution in [1.29, 1.82) is 0 Å². The third-order valence-corrected chi connectivity index (χ3v) is 3.28. The van der Waals surface area contributed by atoms with Crippen LogP contribution in [-0.4, -0.2) is 13.7 Å². The van der Waals surface area contributed by atoms with Crippen molar-refractivity contribution in [2.45, 2.75) is 45.8 Å². The van der Waals surface area contributed by atoms with Crippen LogP contribution in [0.25, 0.3) is 0 Å². The molecule has 0 fully saturated rings. The summed E-state index contributed by atoms with van der Waals surface area (Å²) in [5.41, 5.74) is 0.799. The van der Waals surface area contributed by atoms with Crippen LogP contribution in [0.2, 0.25) is 0 Å². The van der Waals surface area contributed by atoms with Gasteiger partial charge in [0.15, 0.2) is 0 Å². The van der Waals surface area contributed by atoms with Crippen molar-refractivity contribution in [3.63, 3.8) is 0 Å². The monoisotopic (exact) mass is 271 g/mol. The summed E-state index contributed by atoms with van der Waals surface area (Å²) in [4.78, 5) is 0. The fraction of sp³-hybridized carbons (Fsp3) is 0.600. The highest BCUT2D eigenvalue weighted by molar-refractivity contribution is 5.36. The maximum absolute atomic E-state index is 12.4. The van der Waals surface area contributed by atoms with Crippen LogP contribution >= 0.6 is 0 Å². The molecule has 0 aliphatic heterocycles. The summed E-state index contributed by atoms with van der Waals surface area (Å²) in [6, 6.07) is 7.04. The molecular formula is C15H23F2NO. The Morgan fingerprint density at radius 1 is 1.26 bits per heavy atom. The molecule has 2 unspecified atom stereocenters. The Morgan fingerprint density at radius 3 is 2.53 bits per heavy atom. The largest absolute Gasteiger partial charge is 0.434 e. The number of ether oxygens (including phenoxy) is 1. The lowest BCUT2D eigenvalue weighted by atomic mass is 9.92. The Morgan fingerprint density at radius 2 is 1.95 bits per heavy atom. The predicted octanol–water partition coefficient (Wildman–Crippen LogP) is 4.37. The third-order valence-electron chi connectivity index (χ3n) is 3.28. The van der Waals surface area contributed by atoms with Gasteiger partial charge >= 0.3 is 6.61 Å². The summed E-state index contributed by atoms with van der Waals surface area (Å²) in [5.74, 6) is 0.808. The van der Waals surface area contributed by atoms with E-state index in [1.165, 1.54) is 0 Å². The van der Waals surface area contributed by atoms with Gasteiger partial charge < -0.3 is 10.1 Å². The first-order chi connectivity index (χ1) is 9.08. The van der Waals surface area contributed by atoms with Crippen molar-refractivity contribution >= 4 is 0 Å². The molecule has 1 aromatic carbocycles. The number of halogens is 2. The Bertz CT molecular complexity index is 371. The lowest BCUT2D eigenvalue weighted by Gasteiger charge is -2.23. The number of alkyl halides is 2. The molecule has 0 heterocycles. The van der Waals surface area contributed by atoms with E-state index in [1.54, 1.807) is 12.1 Å². The van der Waals surface area contributed by atoms with Crippen LogP contribution in [0.4, 0.5) is 8.78 Å². The van der Waals surface area contributed by atoms with E-state index in [0.29, 0.717) is 5.92 Å². The molecular weight excluding hydrogens is 248 g/mol. The fourth-order valence-electron chi connectivity index (χ4n) is 2.39. The van der Waals surface area contributed by atoms with Crippen molar-refractivity contribution in [3.8, 4) is 5.75 Å². The van der Waals surface area contributed by atoms with Crippen LogP contribution in [0.1, 0.15) is 44.7 Å². The Hall–Kier alpha value is -1.16. The number of para-hydroxylation sites is 1. The van der Waals surface area contributed by atoms with Gasteiger partial charge in [0.25, 0.3) is 0 Å². The highest BCUT2D eigenvalue weighted by Crippen LogP contribution is 2.31. The standard InChI is InChI=1S/C15H23F2NO/c1-4-7-11(2)10-13(18-3)12-8-5-6-9-14(12)19-15(16)17/h5-6,8-9,11,13,15,18H,4,7,10H2,1-3H3. The summed E-state index contributed by atoms with van der Waals surface area (Å²) in [5, 5.41) is 3.20. The first-order valence-corrected chi connectivity index (χ1v) is 6.79. The Balaban J connectivity index is 2.85. The smallest absolute Gasteiger partial charge is 0.387 e. The van der Waals surface area contributed by atoms with Gasteiger partial charge in [-0.2, -0.15) is 8.78 Å². The summed E-state index contributed by atoms with van der Waals surface area (Å²) in [7, 11) is 1.85. The van der Waals surface area contributed by atoms with Gasteiger partial charge in [-0.15, -0.1) is 0 Å². The average molecular weight is 271 g/mol. The van der Waals surface area contributed by atoms with Crippen LogP contribution in [0, 0.1) is 5.92 Å². The number of nitrogens with one attached hydrogen (secondary N) is 1. The first kappa shape index (κ1) is 15.9. The molecule has 0 radical (unpaired) electrons. The molecule has 2 nitrogen and oxygen atoms in total. The van der Waals surface area contributed by atoms with Crippen LogP contribution < -0.4 is 10.1 Å². The second kappa shape index (κ2) is 8.10. The fourth-order valence-corrected chi connectivity index (χ4v) is 2.39. The van der Waals surface area contributed by atoms with E-state index in [4.69, 9.17) is 0 Å². The zero-order valence-electron chi connectivity index (χ0n) is 11.8. The molecule has 1 N–H and O–H groups in total. The van der Waals surface area contributed by atoms with E-state index >= 15 is 0 Å². The molecule has 0 amide bonds. The van der Waals surface area contributed by atoms with Gasteiger partial charge in [-0.25, -0.2) is 0 Å². The minimum absolute atomic E-state index is 0.0384.